The molecule has 2 heterocycles. The van der Waals surface area contributed by atoms with Crippen LogP contribution in [0.25, 0.3) is 23.0 Å². The van der Waals surface area contributed by atoms with Gasteiger partial charge >= 0.3 is 0 Å². The van der Waals surface area contributed by atoms with Crippen molar-refractivity contribution in [3.05, 3.63) is 76.6 Å². The van der Waals surface area contributed by atoms with Crippen molar-refractivity contribution in [1.82, 2.24) is 15.1 Å². The minimum Gasteiger partial charge on any atom is -0.307 e. The van der Waals surface area contributed by atoms with Gasteiger partial charge in [-0.25, -0.2) is 9.07 Å². The van der Waals surface area contributed by atoms with Crippen LogP contribution in [0, 0.1) is 12.7 Å². The first-order valence-corrected chi connectivity index (χ1v) is 9.40. The quantitative estimate of drug-likeness (QED) is 0.525. The first kappa shape index (κ1) is 17.6. The highest BCUT2D eigenvalue weighted by atomic mass is 32.2. The molecule has 0 bridgehead atoms. The average Bonchev–Trinajstić information content (AvgIpc) is 3.21. The molecule has 27 heavy (non-hydrogen) atoms. The Morgan fingerprint density at radius 3 is 2.67 bits per heavy atom. The summed E-state index contributed by atoms with van der Waals surface area (Å²) in [5.74, 6) is -0.534. The largest absolute Gasteiger partial charge is 0.307 e. The Kier molecular flexibility index (Phi) is 4.63. The molecule has 1 aliphatic rings. The van der Waals surface area contributed by atoms with Crippen LogP contribution in [0.1, 0.15) is 11.1 Å². The van der Waals surface area contributed by atoms with Gasteiger partial charge in [-0.3, -0.25) is 4.79 Å². The smallest absolute Gasteiger partial charge is 0.263 e. The molecule has 0 radical (unpaired) electrons. The van der Waals surface area contributed by atoms with Gasteiger partial charge in [-0.05, 0) is 36.8 Å². The van der Waals surface area contributed by atoms with Gasteiger partial charge < -0.3 is 5.32 Å². The minimum atomic E-state index is -0.297. The third-order valence-corrected chi connectivity index (χ3v) is 5.30. The number of carbonyl (C=O) groups excluding carboxylic acids is 1. The third kappa shape index (κ3) is 3.56. The molecule has 4 nitrogen and oxygen atoms in total. The molecule has 2 aromatic carbocycles. The van der Waals surface area contributed by atoms with Gasteiger partial charge in [0.15, 0.2) is 0 Å². The number of thiocarbonyl (C=S) groups is 1. The van der Waals surface area contributed by atoms with Crippen LogP contribution in [-0.2, 0) is 4.79 Å². The van der Waals surface area contributed by atoms with Crippen molar-refractivity contribution in [2.24, 2.45) is 0 Å². The second-order valence-electron chi connectivity index (χ2n) is 6.03. The lowest BCUT2D eigenvalue weighted by Crippen LogP contribution is -2.17. The highest BCUT2D eigenvalue weighted by Crippen LogP contribution is 2.31. The zero-order valence-electron chi connectivity index (χ0n) is 14.3. The Hall–Kier alpha value is -2.77. The van der Waals surface area contributed by atoms with E-state index in [0.29, 0.717) is 31.6 Å². The molecular formula is C20H14FN3OS2. The van der Waals surface area contributed by atoms with Crippen LogP contribution in [0.3, 0.4) is 0 Å². The second-order valence-corrected chi connectivity index (χ2v) is 7.75. The molecule has 0 spiro atoms. The van der Waals surface area contributed by atoms with Crippen molar-refractivity contribution in [1.29, 1.82) is 0 Å². The number of aromatic nitrogens is 2. The number of nitrogens with one attached hydrogen (secondary N) is 1. The van der Waals surface area contributed by atoms with Gasteiger partial charge in [0.05, 0.1) is 10.6 Å². The van der Waals surface area contributed by atoms with Crippen molar-refractivity contribution in [3.8, 4) is 16.9 Å². The third-order valence-electron chi connectivity index (χ3n) is 4.14. The number of amides is 1. The Morgan fingerprint density at radius 1 is 1.22 bits per heavy atom. The van der Waals surface area contributed by atoms with Crippen molar-refractivity contribution < 1.29 is 9.18 Å². The molecule has 3 aromatic rings. The zero-order chi connectivity index (χ0) is 19.0. The Bertz CT molecular complexity index is 1090. The van der Waals surface area contributed by atoms with E-state index in [2.05, 4.69) is 10.4 Å². The first-order valence-electron chi connectivity index (χ1n) is 8.18. The number of hydrogen-bond acceptors (Lipinski definition) is 4. The number of thioether (sulfide) groups is 1. The van der Waals surface area contributed by atoms with E-state index < -0.39 is 0 Å². The van der Waals surface area contributed by atoms with E-state index in [1.807, 2.05) is 42.6 Å². The van der Waals surface area contributed by atoms with E-state index >= 15 is 0 Å². The molecule has 0 saturated carbocycles. The highest BCUT2D eigenvalue weighted by molar-refractivity contribution is 8.26. The number of rotatable bonds is 3. The van der Waals surface area contributed by atoms with Crippen LogP contribution < -0.4 is 5.32 Å². The van der Waals surface area contributed by atoms with Crippen LogP contribution in [-0.4, -0.2) is 20.0 Å². The highest BCUT2D eigenvalue weighted by Gasteiger charge is 2.23. The molecule has 0 unspecified atom stereocenters. The van der Waals surface area contributed by atoms with Gasteiger partial charge in [0.25, 0.3) is 5.91 Å². The summed E-state index contributed by atoms with van der Waals surface area (Å²) in [6, 6.07) is 14.6. The van der Waals surface area contributed by atoms with Crippen molar-refractivity contribution in [2.45, 2.75) is 6.92 Å². The van der Waals surface area contributed by atoms with Crippen LogP contribution in [0.2, 0.25) is 0 Å². The molecule has 134 valence electrons. The lowest BCUT2D eigenvalue weighted by molar-refractivity contribution is -0.115. The average molecular weight is 395 g/mol. The van der Waals surface area contributed by atoms with Crippen LogP contribution in [0.5, 0.6) is 0 Å². The maximum atomic E-state index is 14.1. The van der Waals surface area contributed by atoms with Crippen LogP contribution in [0.15, 0.2) is 59.6 Å². The maximum absolute atomic E-state index is 14.1. The lowest BCUT2D eigenvalue weighted by Gasteiger charge is -2.02. The normalized spacial score (nSPS) is 15.4. The summed E-state index contributed by atoms with van der Waals surface area (Å²) in [5, 5.41) is 7.24. The Labute approximate surface area is 165 Å². The van der Waals surface area contributed by atoms with Crippen LogP contribution in [0.4, 0.5) is 4.39 Å². The Morgan fingerprint density at radius 2 is 2.00 bits per heavy atom. The summed E-state index contributed by atoms with van der Waals surface area (Å²) < 4.78 is 16.2. The molecule has 1 N–H and O–H groups in total. The summed E-state index contributed by atoms with van der Waals surface area (Å²) in [6.45, 7) is 1.71. The molecule has 0 atom stereocenters. The SMILES string of the molecule is Cc1ccc(-c2nn(-c3ccccc3)cc2/C=C2\SC(=S)NC2=O)cc1F. The Balaban J connectivity index is 1.86. The minimum absolute atomic E-state index is 0.238. The fourth-order valence-electron chi connectivity index (χ4n) is 2.73. The summed E-state index contributed by atoms with van der Waals surface area (Å²) in [7, 11) is 0. The zero-order valence-corrected chi connectivity index (χ0v) is 15.9. The predicted molar refractivity (Wildman–Crippen MR) is 110 cm³/mol. The van der Waals surface area contributed by atoms with Crippen molar-refractivity contribution >= 4 is 40.3 Å². The fourth-order valence-corrected chi connectivity index (χ4v) is 3.77. The fraction of sp³-hybridized carbons (Fsp3) is 0.0500. The predicted octanol–water partition coefficient (Wildman–Crippen LogP) is 4.48. The summed E-state index contributed by atoms with van der Waals surface area (Å²) in [5.41, 5.74) is 3.39. The summed E-state index contributed by atoms with van der Waals surface area (Å²) >= 11 is 6.25. The molecule has 7 heteroatoms. The number of para-hydroxylation sites is 1. The molecule has 1 saturated heterocycles. The van der Waals surface area contributed by atoms with Gasteiger partial charge in [0.2, 0.25) is 0 Å². The molecule has 1 amide bonds. The van der Waals surface area contributed by atoms with Crippen molar-refractivity contribution in [3.63, 3.8) is 0 Å². The van der Waals surface area contributed by atoms with E-state index in [9.17, 15) is 9.18 Å². The summed E-state index contributed by atoms with van der Waals surface area (Å²) in [6.07, 6.45) is 3.56. The number of aryl methyl sites for hydroxylation is 1. The van der Waals surface area contributed by atoms with Crippen LogP contribution >= 0.6 is 24.0 Å². The van der Waals surface area contributed by atoms with E-state index in [-0.39, 0.29) is 11.7 Å². The summed E-state index contributed by atoms with van der Waals surface area (Å²) in [4.78, 5) is 12.5. The van der Waals surface area contributed by atoms with Gasteiger partial charge in [-0.2, -0.15) is 5.10 Å². The van der Waals surface area contributed by atoms with Gasteiger partial charge in [-0.15, -0.1) is 0 Å². The molecule has 1 fully saturated rings. The van der Waals surface area contributed by atoms with Gasteiger partial charge in [0, 0.05) is 17.3 Å². The standard InChI is InChI=1S/C20H14FN3OS2/c1-12-7-8-13(9-16(12)21)18-14(10-17-19(25)22-20(26)27-17)11-24(23-18)15-5-3-2-4-6-15/h2-11H,1H3,(H,22,25,26)/b17-10-. The number of carbonyl (C=O) groups is 1. The van der Waals surface area contributed by atoms with E-state index in [1.165, 1.54) is 17.8 Å². The lowest BCUT2D eigenvalue weighted by atomic mass is 10.1. The molecule has 1 aromatic heterocycles. The van der Waals surface area contributed by atoms with Crippen molar-refractivity contribution in [2.75, 3.05) is 0 Å². The molecule has 0 aliphatic carbocycles. The van der Waals surface area contributed by atoms with E-state index in [4.69, 9.17) is 12.2 Å². The monoisotopic (exact) mass is 395 g/mol. The number of hydrogen-bond donors (Lipinski definition) is 1. The molecular weight excluding hydrogens is 381 g/mol. The molecule has 1 aliphatic heterocycles. The van der Waals surface area contributed by atoms with Gasteiger partial charge in [0.1, 0.15) is 15.8 Å². The first-order chi connectivity index (χ1) is 13.0. The molecule has 4 rings (SSSR count). The van der Waals surface area contributed by atoms with Gasteiger partial charge in [-0.1, -0.05) is 54.3 Å². The number of halogens is 1. The number of nitrogens with zero attached hydrogens (tertiary/aromatic N) is 2. The number of benzene rings is 2. The maximum Gasteiger partial charge on any atom is 0.263 e. The van der Waals surface area contributed by atoms with E-state index in [1.54, 1.807) is 23.7 Å². The second kappa shape index (κ2) is 7.09. The van der Waals surface area contributed by atoms with E-state index in [0.717, 1.165) is 5.69 Å². The topological polar surface area (TPSA) is 46.9 Å².